The van der Waals surface area contributed by atoms with Crippen LogP contribution in [0.1, 0.15) is 38.2 Å². The zero-order valence-electron chi connectivity index (χ0n) is 12.3. The molecule has 1 atom stereocenters. The first-order valence-electron chi connectivity index (χ1n) is 6.74. The van der Waals surface area contributed by atoms with Crippen LogP contribution in [-0.4, -0.2) is 21.1 Å². The standard InChI is InChI=1S/C15H20N4O/c1-10(2)20-14-9-11(3)17-15(19-14)18-12(4)13-7-5-6-8-16-13/h5-10,12H,1-4H3,(H,17,18,19). The topological polar surface area (TPSA) is 59.9 Å². The molecule has 0 aliphatic heterocycles. The number of anilines is 1. The molecular weight excluding hydrogens is 252 g/mol. The monoisotopic (exact) mass is 272 g/mol. The van der Waals surface area contributed by atoms with Crippen molar-refractivity contribution >= 4 is 5.95 Å². The van der Waals surface area contributed by atoms with Crippen molar-refractivity contribution in [3.8, 4) is 5.88 Å². The molecule has 0 saturated carbocycles. The number of nitrogens with zero attached hydrogens (tertiary/aromatic N) is 3. The Bertz CT molecular complexity index is 557. The Hall–Kier alpha value is -2.17. The highest BCUT2D eigenvalue weighted by Gasteiger charge is 2.10. The first-order chi connectivity index (χ1) is 9.54. The summed E-state index contributed by atoms with van der Waals surface area (Å²) in [6.07, 6.45) is 1.86. The Kier molecular flexibility index (Phi) is 4.50. The molecule has 1 unspecified atom stereocenters. The highest BCUT2D eigenvalue weighted by Crippen LogP contribution is 2.18. The van der Waals surface area contributed by atoms with E-state index in [1.165, 1.54) is 0 Å². The number of rotatable bonds is 5. The SMILES string of the molecule is Cc1cc(OC(C)C)nc(NC(C)c2ccccn2)n1. The van der Waals surface area contributed by atoms with Crippen LogP contribution < -0.4 is 10.1 Å². The summed E-state index contributed by atoms with van der Waals surface area (Å²) in [6, 6.07) is 7.69. The van der Waals surface area contributed by atoms with Crippen molar-refractivity contribution in [1.29, 1.82) is 0 Å². The van der Waals surface area contributed by atoms with Crippen molar-refractivity contribution in [3.63, 3.8) is 0 Å². The van der Waals surface area contributed by atoms with Gasteiger partial charge in [0.25, 0.3) is 0 Å². The molecule has 0 aliphatic carbocycles. The zero-order valence-corrected chi connectivity index (χ0v) is 12.3. The van der Waals surface area contributed by atoms with Gasteiger partial charge in [-0.1, -0.05) is 6.07 Å². The number of ether oxygens (including phenoxy) is 1. The minimum atomic E-state index is 0.0323. The van der Waals surface area contributed by atoms with E-state index in [-0.39, 0.29) is 12.1 Å². The average molecular weight is 272 g/mol. The van der Waals surface area contributed by atoms with E-state index in [1.54, 1.807) is 6.20 Å². The van der Waals surface area contributed by atoms with E-state index in [0.29, 0.717) is 11.8 Å². The number of pyridine rings is 1. The smallest absolute Gasteiger partial charge is 0.226 e. The number of aryl methyl sites for hydroxylation is 1. The molecule has 0 saturated heterocycles. The maximum atomic E-state index is 5.62. The summed E-state index contributed by atoms with van der Waals surface area (Å²) in [5, 5.41) is 3.25. The van der Waals surface area contributed by atoms with E-state index in [2.05, 4.69) is 20.3 Å². The predicted molar refractivity (Wildman–Crippen MR) is 78.8 cm³/mol. The molecule has 2 rings (SSSR count). The summed E-state index contributed by atoms with van der Waals surface area (Å²) in [4.78, 5) is 13.1. The van der Waals surface area contributed by atoms with Crippen molar-refractivity contribution in [2.45, 2.75) is 39.8 Å². The average Bonchev–Trinajstić information content (AvgIpc) is 2.38. The van der Waals surface area contributed by atoms with E-state index in [9.17, 15) is 0 Å². The molecule has 0 fully saturated rings. The third-order valence-electron chi connectivity index (χ3n) is 2.66. The van der Waals surface area contributed by atoms with Gasteiger partial charge in [0.15, 0.2) is 0 Å². The van der Waals surface area contributed by atoms with E-state index < -0.39 is 0 Å². The fourth-order valence-corrected chi connectivity index (χ4v) is 1.81. The van der Waals surface area contributed by atoms with Gasteiger partial charge in [-0.05, 0) is 39.8 Å². The molecule has 2 aromatic heterocycles. The van der Waals surface area contributed by atoms with Crippen LogP contribution in [0, 0.1) is 6.92 Å². The van der Waals surface area contributed by atoms with Gasteiger partial charge in [-0.3, -0.25) is 4.98 Å². The summed E-state index contributed by atoms with van der Waals surface area (Å²) in [7, 11) is 0. The highest BCUT2D eigenvalue weighted by molar-refractivity contribution is 5.33. The van der Waals surface area contributed by atoms with E-state index in [4.69, 9.17) is 4.74 Å². The summed E-state index contributed by atoms with van der Waals surface area (Å²) < 4.78 is 5.62. The lowest BCUT2D eigenvalue weighted by atomic mass is 10.2. The van der Waals surface area contributed by atoms with Gasteiger partial charge in [-0.2, -0.15) is 4.98 Å². The van der Waals surface area contributed by atoms with Crippen LogP contribution >= 0.6 is 0 Å². The van der Waals surface area contributed by atoms with Gasteiger partial charge in [-0.25, -0.2) is 4.98 Å². The lowest BCUT2D eigenvalue weighted by molar-refractivity contribution is 0.232. The summed E-state index contributed by atoms with van der Waals surface area (Å²) in [5.74, 6) is 1.14. The Morgan fingerprint density at radius 2 is 1.95 bits per heavy atom. The number of hydrogen-bond donors (Lipinski definition) is 1. The van der Waals surface area contributed by atoms with Crippen LogP contribution in [0.15, 0.2) is 30.5 Å². The third-order valence-corrected chi connectivity index (χ3v) is 2.66. The second kappa shape index (κ2) is 6.32. The molecule has 5 heteroatoms. The maximum Gasteiger partial charge on any atom is 0.226 e. The second-order valence-corrected chi connectivity index (χ2v) is 4.96. The molecule has 2 aromatic rings. The van der Waals surface area contributed by atoms with Crippen LogP contribution in [0.3, 0.4) is 0 Å². The molecule has 0 amide bonds. The Labute approximate surface area is 119 Å². The molecule has 0 radical (unpaired) electrons. The molecule has 0 aromatic carbocycles. The van der Waals surface area contributed by atoms with Gasteiger partial charge in [-0.15, -0.1) is 0 Å². The van der Waals surface area contributed by atoms with Crippen LogP contribution in [0.25, 0.3) is 0 Å². The molecular formula is C15H20N4O. The second-order valence-electron chi connectivity index (χ2n) is 4.96. The van der Waals surface area contributed by atoms with Crippen molar-refractivity contribution in [2.24, 2.45) is 0 Å². The number of hydrogen-bond acceptors (Lipinski definition) is 5. The fraction of sp³-hybridized carbons (Fsp3) is 0.400. The van der Waals surface area contributed by atoms with Crippen molar-refractivity contribution in [2.75, 3.05) is 5.32 Å². The van der Waals surface area contributed by atoms with Gasteiger partial charge in [0.1, 0.15) is 0 Å². The van der Waals surface area contributed by atoms with Crippen LogP contribution in [-0.2, 0) is 0 Å². The van der Waals surface area contributed by atoms with E-state index >= 15 is 0 Å². The van der Waals surface area contributed by atoms with Crippen molar-refractivity contribution in [1.82, 2.24) is 15.0 Å². The van der Waals surface area contributed by atoms with Crippen LogP contribution in [0.5, 0.6) is 5.88 Å². The maximum absolute atomic E-state index is 5.62. The molecule has 0 bridgehead atoms. The Morgan fingerprint density at radius 1 is 1.15 bits per heavy atom. The minimum absolute atomic E-state index is 0.0323. The largest absolute Gasteiger partial charge is 0.475 e. The molecule has 106 valence electrons. The van der Waals surface area contributed by atoms with Gasteiger partial charge in [0, 0.05) is 18.0 Å². The zero-order chi connectivity index (χ0) is 14.5. The summed E-state index contributed by atoms with van der Waals surface area (Å²) in [5.41, 5.74) is 1.82. The third kappa shape index (κ3) is 3.91. The lowest BCUT2D eigenvalue weighted by Crippen LogP contribution is -2.13. The van der Waals surface area contributed by atoms with Crippen LogP contribution in [0.2, 0.25) is 0 Å². The van der Waals surface area contributed by atoms with Gasteiger partial charge < -0.3 is 10.1 Å². The fourth-order valence-electron chi connectivity index (χ4n) is 1.81. The van der Waals surface area contributed by atoms with Crippen LogP contribution in [0.4, 0.5) is 5.95 Å². The quantitative estimate of drug-likeness (QED) is 0.906. The molecule has 1 N–H and O–H groups in total. The highest BCUT2D eigenvalue weighted by atomic mass is 16.5. The molecule has 2 heterocycles. The predicted octanol–water partition coefficient (Wildman–Crippen LogP) is 3.14. The molecule has 0 spiro atoms. The van der Waals surface area contributed by atoms with E-state index in [0.717, 1.165) is 11.4 Å². The molecule has 0 aliphatic rings. The first kappa shape index (κ1) is 14.2. The van der Waals surface area contributed by atoms with Crippen molar-refractivity contribution in [3.05, 3.63) is 41.9 Å². The molecule has 20 heavy (non-hydrogen) atoms. The first-order valence-corrected chi connectivity index (χ1v) is 6.74. The van der Waals surface area contributed by atoms with Gasteiger partial charge in [0.05, 0.1) is 17.8 Å². The normalized spacial score (nSPS) is 12.2. The summed E-state index contributed by atoms with van der Waals surface area (Å²) >= 11 is 0. The minimum Gasteiger partial charge on any atom is -0.475 e. The Morgan fingerprint density at radius 3 is 2.60 bits per heavy atom. The van der Waals surface area contributed by atoms with Crippen molar-refractivity contribution < 1.29 is 4.74 Å². The summed E-state index contributed by atoms with van der Waals surface area (Å²) in [6.45, 7) is 7.89. The lowest BCUT2D eigenvalue weighted by Gasteiger charge is -2.15. The number of aromatic nitrogens is 3. The Balaban J connectivity index is 2.14. The van der Waals surface area contributed by atoms with Gasteiger partial charge in [0.2, 0.25) is 11.8 Å². The molecule has 5 nitrogen and oxygen atoms in total. The number of nitrogens with one attached hydrogen (secondary N) is 1. The van der Waals surface area contributed by atoms with Gasteiger partial charge >= 0.3 is 0 Å². The van der Waals surface area contributed by atoms with E-state index in [1.807, 2.05) is 52.0 Å².